The van der Waals surface area contributed by atoms with Crippen molar-refractivity contribution in [2.24, 2.45) is 11.7 Å². The molecule has 1 heterocycles. The minimum Gasteiger partial charge on any atom is -0.480 e. The summed E-state index contributed by atoms with van der Waals surface area (Å²) in [4.78, 5) is 237. The summed E-state index contributed by atoms with van der Waals surface area (Å²) in [5.41, 5.74) is 7.90. The number of H-pyrrole nitrogens is 1. The molecular formula is C68H98N16O28. The summed E-state index contributed by atoms with van der Waals surface area (Å²) in [5, 5.41) is 116. The van der Waals surface area contributed by atoms with E-state index in [2.05, 4.69) is 42.2 Å². The Morgan fingerprint density at radius 2 is 0.830 bits per heavy atom. The SMILES string of the molecule is CC[C@@H](C)C(NC(=O)[C@H](Cc1c[nH]c2ccccc12)NC(C)=O)C(=O)N[C@@H](CCC(N)=O)C(=O)NCc1ccc(CNC(=O)CN(CCNC(=O)[C@@H](CN(CCN(CC(=O)O)CC(=O)O)CC(=O)O)N(CC(=O)O)CC(=O)O)CCNC(=O)[C@@H](CN(CCN(CC(=O)O)CC(=O)O)CC(=O)O)N(CC(=O)O)CC(=O)O)cc1. The molecule has 1 unspecified atom stereocenters. The fourth-order valence-electron chi connectivity index (χ4n) is 11.6. The number of carbonyl (C=O) groups excluding carboxylic acids is 8. The van der Waals surface area contributed by atoms with E-state index in [-0.39, 0.29) is 32.4 Å². The molecule has 0 aliphatic heterocycles. The highest BCUT2D eigenvalue weighted by Crippen LogP contribution is 2.20. The molecule has 20 N–H and O–H groups in total. The molecule has 3 aromatic rings. The monoisotopic (exact) mass is 1590 g/mol. The second-order valence-corrected chi connectivity index (χ2v) is 26.1. The molecule has 0 saturated carbocycles. The highest BCUT2D eigenvalue weighted by molar-refractivity contribution is 5.95. The highest BCUT2D eigenvalue weighted by Gasteiger charge is 2.37. The van der Waals surface area contributed by atoms with Gasteiger partial charge in [0.2, 0.25) is 47.3 Å². The van der Waals surface area contributed by atoms with Gasteiger partial charge in [-0.2, -0.15) is 0 Å². The third kappa shape index (κ3) is 37.5. The first-order valence-corrected chi connectivity index (χ1v) is 34.9. The molecule has 2 aromatic carbocycles. The van der Waals surface area contributed by atoms with Crippen LogP contribution in [-0.2, 0) is 106 Å². The number of aliphatic carboxylic acids is 10. The van der Waals surface area contributed by atoms with Crippen molar-refractivity contribution in [2.75, 3.05) is 137 Å². The zero-order chi connectivity index (χ0) is 83.9. The number of primary amides is 1. The lowest BCUT2D eigenvalue weighted by molar-refractivity contribution is -0.147. The van der Waals surface area contributed by atoms with E-state index >= 15 is 0 Å². The summed E-state index contributed by atoms with van der Waals surface area (Å²) in [5.74, 6) is -22.6. The number of benzene rings is 2. The average molecular weight is 1590 g/mol. The molecule has 0 saturated heterocycles. The number of aromatic nitrogens is 1. The standard InChI is InChI=1S/C68H98N16O28/c1-4-40(2)63(77-65(109)48(75-41(3)85)23-44-26-72-46-8-6-5-7-45(44)46)68(112)76-47(13-14-51(69)86)64(108)74-25-43-11-9-42(10-12-43)24-73-52(87)29-78(17-15-70-66(110)49(83(36-59(100)101)37-60(102)103)27-79(30-53(88)89)19-21-81(32-55(92)93)33-56(94)95)18-16-71-67(111)50(84(38-61(104)105)39-62(106)107)28-80(31-54(90)91)20-22-82(34-57(96)97)35-58(98)99/h5-12,26,40,47-50,63,72H,4,13-25,27-39H2,1-3H3,(H2,69,86)(H,70,110)(H,71,111)(H,73,87)(H,74,108)(H,75,85)(H,76,112)(H,77,109)(H,88,89)(H,90,91)(H,92,93)(H,94,95)(H,96,97)(H,98,99)(H,100,101)(H,102,103)(H,104,105)(H,106,107)/t40-,47+,48+,49-,50-,63?/m1/s1. The topological polar surface area (TPSA) is 658 Å². The van der Waals surface area contributed by atoms with Crippen LogP contribution in [0.5, 0.6) is 0 Å². The van der Waals surface area contributed by atoms with Gasteiger partial charge < -0.3 is 99.0 Å². The smallest absolute Gasteiger partial charge is 0.317 e. The van der Waals surface area contributed by atoms with E-state index in [1.165, 1.54) is 11.8 Å². The van der Waals surface area contributed by atoms with Crippen LogP contribution in [0.4, 0.5) is 0 Å². The number of amides is 8. The Hall–Kier alpha value is -11.8. The number of carbonyl (C=O) groups is 18. The second-order valence-electron chi connectivity index (χ2n) is 26.1. The van der Waals surface area contributed by atoms with Gasteiger partial charge in [-0.25, -0.2) is 0 Å². The third-order valence-electron chi connectivity index (χ3n) is 17.0. The van der Waals surface area contributed by atoms with Crippen LogP contribution in [0.15, 0.2) is 54.7 Å². The number of hydrogen-bond donors (Lipinski definition) is 19. The highest BCUT2D eigenvalue weighted by atomic mass is 16.4. The molecule has 0 spiro atoms. The molecule has 6 atom stereocenters. The van der Waals surface area contributed by atoms with Gasteiger partial charge >= 0.3 is 59.7 Å². The van der Waals surface area contributed by atoms with Crippen molar-refractivity contribution in [3.63, 3.8) is 0 Å². The summed E-state index contributed by atoms with van der Waals surface area (Å²) in [6.07, 6.45) is 1.53. The van der Waals surface area contributed by atoms with Gasteiger partial charge in [-0.05, 0) is 35.1 Å². The maximum absolute atomic E-state index is 14.3. The minimum absolute atomic E-state index is 0.0490. The number of nitrogens with one attached hydrogen (secondary N) is 8. The number of carboxylic acids is 10. The van der Waals surface area contributed by atoms with Crippen LogP contribution in [0.25, 0.3) is 10.9 Å². The van der Waals surface area contributed by atoms with E-state index in [1.54, 1.807) is 44.3 Å². The largest absolute Gasteiger partial charge is 0.480 e. The van der Waals surface area contributed by atoms with Crippen LogP contribution in [0.2, 0.25) is 0 Å². The fraction of sp³-hybridized carbons (Fsp3) is 0.529. The van der Waals surface area contributed by atoms with Gasteiger partial charge in [-0.3, -0.25) is 121 Å². The molecular weight excluding hydrogens is 1490 g/mol. The predicted octanol–water partition coefficient (Wildman–Crippen LogP) is -6.64. The van der Waals surface area contributed by atoms with Crippen molar-refractivity contribution in [3.8, 4) is 0 Å². The van der Waals surface area contributed by atoms with Crippen LogP contribution >= 0.6 is 0 Å². The number of fused-ring (bicyclic) bond motifs is 1. The zero-order valence-electron chi connectivity index (χ0n) is 61.8. The first kappa shape index (κ1) is 94.4. The Morgan fingerprint density at radius 3 is 1.23 bits per heavy atom. The molecule has 1 aromatic heterocycles. The fourth-order valence-corrected chi connectivity index (χ4v) is 11.6. The summed E-state index contributed by atoms with van der Waals surface area (Å²) in [6, 6.07) is 6.16. The maximum atomic E-state index is 14.3. The number of para-hydroxylation sites is 1. The summed E-state index contributed by atoms with van der Waals surface area (Å²) >= 11 is 0. The summed E-state index contributed by atoms with van der Waals surface area (Å²) < 4.78 is 0. The molecule has 112 heavy (non-hydrogen) atoms. The molecule has 0 aliphatic carbocycles. The van der Waals surface area contributed by atoms with Crippen molar-refractivity contribution in [1.82, 2.24) is 76.5 Å². The Kier molecular flexibility index (Phi) is 41.0. The number of hydrogen-bond acceptors (Lipinski definition) is 25. The van der Waals surface area contributed by atoms with E-state index in [1.807, 2.05) is 24.3 Å². The zero-order valence-corrected chi connectivity index (χ0v) is 61.8. The van der Waals surface area contributed by atoms with Gasteiger partial charge in [0.15, 0.2) is 0 Å². The van der Waals surface area contributed by atoms with Crippen molar-refractivity contribution >= 4 is 118 Å². The summed E-state index contributed by atoms with van der Waals surface area (Å²) in [7, 11) is 0. The lowest BCUT2D eigenvalue weighted by atomic mass is 9.96. The normalized spacial score (nSPS) is 13.0. The minimum atomic E-state index is -1.85. The molecule has 0 aliphatic rings. The van der Waals surface area contributed by atoms with E-state index in [0.717, 1.165) is 30.5 Å². The molecule has 0 fully saturated rings. The summed E-state index contributed by atoms with van der Waals surface area (Å²) in [6.45, 7) is -11.2. The first-order chi connectivity index (χ1) is 52.7. The average Bonchev–Trinajstić information content (AvgIpc) is 1.65. The van der Waals surface area contributed by atoms with Gasteiger partial charge in [-0.1, -0.05) is 62.7 Å². The second kappa shape index (κ2) is 48.6. The molecule has 3 rings (SSSR count). The van der Waals surface area contributed by atoms with Crippen molar-refractivity contribution in [3.05, 3.63) is 71.4 Å². The number of rotatable bonds is 59. The predicted molar refractivity (Wildman–Crippen MR) is 387 cm³/mol. The molecule has 0 bridgehead atoms. The van der Waals surface area contributed by atoms with E-state index < -0.39 is 281 Å². The Labute approximate surface area is 639 Å². The molecule has 44 nitrogen and oxygen atoms in total. The molecule has 618 valence electrons. The van der Waals surface area contributed by atoms with Gasteiger partial charge in [0.1, 0.15) is 30.2 Å². The lowest BCUT2D eigenvalue weighted by Gasteiger charge is -2.33. The lowest BCUT2D eigenvalue weighted by Crippen LogP contribution is -2.58. The molecule has 44 heteroatoms. The molecule has 8 amide bonds. The van der Waals surface area contributed by atoms with Crippen molar-refractivity contribution in [2.45, 2.75) is 89.8 Å². The Balaban J connectivity index is 1.97. The number of nitrogens with two attached hydrogens (primary N) is 1. The number of nitrogens with zero attached hydrogens (tertiary/aromatic N) is 7. The van der Waals surface area contributed by atoms with Crippen LogP contribution < -0.4 is 43.0 Å². The van der Waals surface area contributed by atoms with E-state index in [0.29, 0.717) is 32.9 Å². The van der Waals surface area contributed by atoms with Crippen LogP contribution in [0.3, 0.4) is 0 Å². The number of carboxylic acid groups (broad SMARTS) is 10. The van der Waals surface area contributed by atoms with Gasteiger partial charge in [-0.15, -0.1) is 0 Å². The van der Waals surface area contributed by atoms with E-state index in [4.69, 9.17) is 5.73 Å². The van der Waals surface area contributed by atoms with E-state index in [9.17, 15) is 137 Å². The Morgan fingerprint density at radius 1 is 0.429 bits per heavy atom. The Bertz CT molecular complexity index is 3600. The van der Waals surface area contributed by atoms with Crippen LogP contribution in [0, 0.1) is 5.92 Å². The van der Waals surface area contributed by atoms with Crippen molar-refractivity contribution < 1.29 is 137 Å². The van der Waals surface area contributed by atoms with Gasteiger partial charge in [0.25, 0.3) is 0 Å². The van der Waals surface area contributed by atoms with Crippen LogP contribution in [-0.4, -0.2) is 365 Å². The maximum Gasteiger partial charge on any atom is 0.317 e. The van der Waals surface area contributed by atoms with Gasteiger partial charge in [0.05, 0.1) is 72.0 Å². The van der Waals surface area contributed by atoms with Crippen LogP contribution in [0.1, 0.15) is 56.7 Å². The van der Waals surface area contributed by atoms with Crippen molar-refractivity contribution in [1.29, 1.82) is 0 Å². The first-order valence-electron chi connectivity index (χ1n) is 34.9. The van der Waals surface area contributed by atoms with Gasteiger partial charge in [0, 0.05) is 115 Å². The quantitative estimate of drug-likeness (QED) is 0.0250. The number of aromatic amines is 1. The molecule has 0 radical (unpaired) electrons. The third-order valence-corrected chi connectivity index (χ3v) is 17.0.